The molecule has 4 heterocycles. The van der Waals surface area contributed by atoms with Crippen LogP contribution in [0.3, 0.4) is 0 Å². The van der Waals surface area contributed by atoms with Crippen molar-refractivity contribution in [2.75, 3.05) is 4.90 Å². The summed E-state index contributed by atoms with van der Waals surface area (Å²) in [6.07, 6.45) is 17.5. The van der Waals surface area contributed by atoms with E-state index in [0.717, 1.165) is 52.7 Å². The highest BCUT2D eigenvalue weighted by Crippen LogP contribution is 2.67. The molecule has 8 aliphatic rings. The van der Waals surface area contributed by atoms with Crippen molar-refractivity contribution in [1.82, 2.24) is 4.90 Å². The van der Waals surface area contributed by atoms with Gasteiger partial charge in [0.15, 0.2) is 5.58 Å². The molecule has 276 valence electrons. The molecular formula is C50H54N2O2. The van der Waals surface area contributed by atoms with Crippen LogP contribution in [0, 0.1) is 47.3 Å². The summed E-state index contributed by atoms with van der Waals surface area (Å²) in [5.74, 6) is 6.52. The van der Waals surface area contributed by atoms with E-state index in [4.69, 9.17) is 9.15 Å². The van der Waals surface area contributed by atoms with Gasteiger partial charge in [-0.25, -0.2) is 0 Å². The van der Waals surface area contributed by atoms with Crippen LogP contribution in [0.5, 0.6) is 0 Å². The predicted molar refractivity (Wildman–Crippen MR) is 217 cm³/mol. The van der Waals surface area contributed by atoms with Crippen molar-refractivity contribution in [3.05, 3.63) is 97.1 Å². The Bertz CT molecular complexity index is 2230. The monoisotopic (exact) mass is 714 g/mol. The minimum atomic E-state index is 0.403. The third-order valence-corrected chi connectivity index (χ3v) is 17.2. The predicted octanol–water partition coefficient (Wildman–Crippen LogP) is 11.6. The van der Waals surface area contributed by atoms with Gasteiger partial charge in [0.05, 0.1) is 17.9 Å². The van der Waals surface area contributed by atoms with Crippen LogP contribution < -0.4 is 4.90 Å². The van der Waals surface area contributed by atoms with Crippen molar-refractivity contribution >= 4 is 33.3 Å². The Labute approximate surface area is 320 Å². The minimum Gasteiger partial charge on any atom is -0.454 e. The second-order valence-electron chi connectivity index (χ2n) is 19.0. The Hall–Kier alpha value is -3.60. The molecule has 5 aliphatic carbocycles. The molecule has 1 aromatic heterocycles. The molecule has 14 atom stereocenters. The van der Waals surface area contributed by atoms with Crippen LogP contribution in [0.1, 0.15) is 77.0 Å². The molecule has 0 N–H and O–H groups in total. The Morgan fingerprint density at radius 1 is 0.500 bits per heavy atom. The summed E-state index contributed by atoms with van der Waals surface area (Å²) in [5.41, 5.74) is 7.25. The highest BCUT2D eigenvalue weighted by atomic mass is 16.5. The molecule has 0 amide bonds. The van der Waals surface area contributed by atoms with Crippen molar-refractivity contribution < 1.29 is 9.15 Å². The zero-order chi connectivity index (χ0) is 35.1. The van der Waals surface area contributed by atoms with Crippen molar-refractivity contribution in [2.45, 2.75) is 113 Å². The number of anilines is 2. The lowest BCUT2D eigenvalue weighted by Crippen LogP contribution is -2.81. The largest absolute Gasteiger partial charge is 0.454 e. The summed E-state index contributed by atoms with van der Waals surface area (Å²) < 4.78 is 14.5. The Kier molecular flexibility index (Phi) is 6.99. The quantitative estimate of drug-likeness (QED) is 0.185. The lowest BCUT2D eigenvalue weighted by Gasteiger charge is -2.75. The molecule has 5 saturated carbocycles. The SMILES string of the molecule is c1ccc(-c2ccccc2N(c2cccc3c2oc2ccccc23)C2CCC3CCC4OC5CCC6CCCC7C8CCCC9C2C3C4N(C89)C5C67)cc1. The number of fused-ring (bicyclic) bond motifs is 5. The number of furan rings is 1. The fraction of sp³-hybridized carbons (Fsp3) is 0.520. The van der Waals surface area contributed by atoms with Gasteiger partial charge in [0.25, 0.3) is 0 Å². The summed E-state index contributed by atoms with van der Waals surface area (Å²) in [5, 5.41) is 2.45. The van der Waals surface area contributed by atoms with Crippen LogP contribution in [-0.4, -0.2) is 41.3 Å². The van der Waals surface area contributed by atoms with Gasteiger partial charge in [-0.05, 0) is 129 Å². The van der Waals surface area contributed by atoms with E-state index in [-0.39, 0.29) is 0 Å². The van der Waals surface area contributed by atoms with Gasteiger partial charge in [0.2, 0.25) is 0 Å². The van der Waals surface area contributed by atoms with Crippen molar-refractivity contribution in [3.63, 3.8) is 0 Å². The summed E-state index contributed by atoms with van der Waals surface area (Å²) in [4.78, 5) is 6.20. The summed E-state index contributed by atoms with van der Waals surface area (Å²) in [6.45, 7) is 0. The van der Waals surface area contributed by atoms with Gasteiger partial charge in [-0.1, -0.05) is 98.1 Å². The standard InChI is InChI=1S/C50H54N2O2/c1-2-11-29(12-3-1)32-14-4-6-20-38(32)51(40-21-10-18-36-33-15-5-7-22-41(33)54-50(36)40)39-26-23-31-25-28-43-49-45(31)46(39)37-19-9-17-35-34-16-8-13-30-24-27-42(53-43)48(44(30)34)52(49)47(35)37/h1-7,10-12,14-15,18,20-22,30-31,34-35,37,39,42-49H,8-9,13,16-17,19,23-28H2. The summed E-state index contributed by atoms with van der Waals surface area (Å²) >= 11 is 0. The average Bonchev–Trinajstić information content (AvgIpc) is 3.62. The molecule has 4 aromatic carbocycles. The van der Waals surface area contributed by atoms with Crippen molar-refractivity contribution in [2.24, 2.45) is 47.3 Å². The smallest absolute Gasteiger partial charge is 0.159 e. The molecule has 0 bridgehead atoms. The molecule has 3 saturated heterocycles. The van der Waals surface area contributed by atoms with Crippen LogP contribution >= 0.6 is 0 Å². The van der Waals surface area contributed by atoms with Crippen LogP contribution in [0.25, 0.3) is 33.1 Å². The molecule has 4 heteroatoms. The highest BCUT2D eigenvalue weighted by Gasteiger charge is 2.70. The van der Waals surface area contributed by atoms with Crippen LogP contribution in [0.2, 0.25) is 0 Å². The molecule has 14 unspecified atom stereocenters. The number of ether oxygens (including phenoxy) is 1. The lowest BCUT2D eigenvalue weighted by atomic mass is 9.45. The second kappa shape index (κ2) is 12.0. The topological polar surface area (TPSA) is 28.9 Å². The van der Waals surface area contributed by atoms with E-state index in [1.54, 1.807) is 0 Å². The Balaban J connectivity index is 1.03. The first-order valence-corrected chi connectivity index (χ1v) is 22.1. The first kappa shape index (κ1) is 31.6. The van der Waals surface area contributed by atoms with E-state index in [0.29, 0.717) is 42.2 Å². The number of nitrogens with zero attached hydrogens (tertiary/aromatic N) is 2. The van der Waals surface area contributed by atoms with Gasteiger partial charge in [-0.2, -0.15) is 0 Å². The normalized spacial score (nSPS) is 40.3. The van der Waals surface area contributed by atoms with Gasteiger partial charge >= 0.3 is 0 Å². The van der Waals surface area contributed by atoms with E-state index >= 15 is 0 Å². The third-order valence-electron chi connectivity index (χ3n) is 17.2. The lowest BCUT2D eigenvalue weighted by molar-refractivity contribution is -0.304. The van der Waals surface area contributed by atoms with Gasteiger partial charge in [0, 0.05) is 46.2 Å². The number of rotatable bonds is 4. The molecule has 13 rings (SSSR count). The second-order valence-corrected chi connectivity index (χ2v) is 19.0. The Morgan fingerprint density at radius 2 is 1.19 bits per heavy atom. The fourth-order valence-corrected chi connectivity index (χ4v) is 15.8. The summed E-state index contributed by atoms with van der Waals surface area (Å²) in [6, 6.07) is 38.6. The van der Waals surface area contributed by atoms with Crippen molar-refractivity contribution in [1.29, 1.82) is 0 Å². The van der Waals surface area contributed by atoms with Crippen molar-refractivity contribution in [3.8, 4) is 11.1 Å². The molecule has 3 aliphatic heterocycles. The number of piperidine rings is 2. The van der Waals surface area contributed by atoms with Crippen LogP contribution in [0.15, 0.2) is 101 Å². The molecule has 0 spiro atoms. The molecule has 5 aromatic rings. The van der Waals surface area contributed by atoms with Gasteiger partial charge < -0.3 is 14.1 Å². The molecule has 4 nitrogen and oxygen atoms in total. The first-order chi connectivity index (χ1) is 26.8. The zero-order valence-corrected chi connectivity index (χ0v) is 31.5. The minimum absolute atomic E-state index is 0.403. The number of hydrogen-bond acceptors (Lipinski definition) is 4. The van der Waals surface area contributed by atoms with E-state index in [2.05, 4.69) is 107 Å². The van der Waals surface area contributed by atoms with Crippen LogP contribution in [0.4, 0.5) is 11.4 Å². The highest BCUT2D eigenvalue weighted by molar-refractivity contribution is 6.09. The first-order valence-electron chi connectivity index (χ1n) is 22.1. The third kappa shape index (κ3) is 4.28. The fourth-order valence-electron chi connectivity index (χ4n) is 15.8. The maximum absolute atomic E-state index is 7.50. The van der Waals surface area contributed by atoms with E-state index in [1.165, 1.54) is 110 Å². The molecule has 8 fully saturated rings. The maximum atomic E-state index is 7.50. The van der Waals surface area contributed by atoms with Crippen LogP contribution in [-0.2, 0) is 4.74 Å². The van der Waals surface area contributed by atoms with Gasteiger partial charge in [0.1, 0.15) is 5.58 Å². The zero-order valence-electron chi connectivity index (χ0n) is 31.5. The van der Waals surface area contributed by atoms with E-state index < -0.39 is 0 Å². The molecular weight excluding hydrogens is 661 g/mol. The average molecular weight is 715 g/mol. The Morgan fingerprint density at radius 3 is 2.09 bits per heavy atom. The molecule has 0 radical (unpaired) electrons. The summed E-state index contributed by atoms with van der Waals surface area (Å²) in [7, 11) is 0. The number of para-hydroxylation sites is 3. The number of benzene rings is 4. The maximum Gasteiger partial charge on any atom is 0.159 e. The van der Waals surface area contributed by atoms with Gasteiger partial charge in [-0.3, -0.25) is 4.90 Å². The number of morpholine rings is 1. The van der Waals surface area contributed by atoms with E-state index in [1.807, 2.05) is 0 Å². The number of hydrogen-bond donors (Lipinski definition) is 0. The molecule has 54 heavy (non-hydrogen) atoms. The van der Waals surface area contributed by atoms with E-state index in [9.17, 15) is 0 Å². The van der Waals surface area contributed by atoms with Gasteiger partial charge in [-0.15, -0.1) is 0 Å².